The topological polar surface area (TPSA) is 66.6 Å². The third-order valence-electron chi connectivity index (χ3n) is 4.72. The lowest BCUT2D eigenvalue weighted by Gasteiger charge is -2.09. The molecule has 4 rings (SSSR count). The fourth-order valence-electron chi connectivity index (χ4n) is 3.14. The van der Waals surface area contributed by atoms with Crippen molar-refractivity contribution in [2.75, 3.05) is 5.32 Å². The van der Waals surface area contributed by atoms with E-state index in [2.05, 4.69) is 10.3 Å². The number of anilines is 1. The van der Waals surface area contributed by atoms with Gasteiger partial charge in [-0.1, -0.05) is 36.4 Å². The van der Waals surface area contributed by atoms with Crippen LogP contribution in [0.15, 0.2) is 53.5 Å². The number of carbonyl (C=O) groups excluding carboxylic acids is 1. The molecule has 1 aromatic heterocycles. The summed E-state index contributed by atoms with van der Waals surface area (Å²) >= 11 is 6.73. The van der Waals surface area contributed by atoms with Crippen LogP contribution in [0.2, 0.25) is 0 Å². The highest BCUT2D eigenvalue weighted by molar-refractivity contribution is 7.73. The highest BCUT2D eigenvalue weighted by Crippen LogP contribution is 2.35. The molecule has 2 N–H and O–H groups in total. The van der Waals surface area contributed by atoms with Gasteiger partial charge < -0.3 is 10.4 Å². The Morgan fingerprint density at radius 2 is 2.00 bits per heavy atom. The molecule has 0 saturated heterocycles. The summed E-state index contributed by atoms with van der Waals surface area (Å²) in [5.41, 5.74) is 4.66. The van der Waals surface area contributed by atoms with E-state index in [-0.39, 0.29) is 18.2 Å². The lowest BCUT2D eigenvalue weighted by molar-refractivity contribution is -0.116. The minimum atomic E-state index is -0.122. The Labute approximate surface area is 177 Å². The Hall–Kier alpha value is -3.03. The van der Waals surface area contributed by atoms with Gasteiger partial charge in [0.1, 0.15) is 0 Å². The van der Waals surface area contributed by atoms with Crippen molar-refractivity contribution in [1.82, 2.24) is 4.57 Å². The Morgan fingerprint density at radius 1 is 1.24 bits per heavy atom. The molecule has 1 aliphatic rings. The number of aromatic hydroxyl groups is 1. The summed E-state index contributed by atoms with van der Waals surface area (Å²) < 4.78 is 2.13. The van der Waals surface area contributed by atoms with Gasteiger partial charge in [0.25, 0.3) is 0 Å². The lowest BCUT2D eigenvalue weighted by atomic mass is 10.1. The molecule has 29 heavy (non-hydrogen) atoms. The van der Waals surface area contributed by atoms with Gasteiger partial charge in [-0.2, -0.15) is 0 Å². The summed E-state index contributed by atoms with van der Waals surface area (Å²) in [7, 11) is 0. The minimum absolute atomic E-state index is 0.0778. The summed E-state index contributed by atoms with van der Waals surface area (Å²) in [4.78, 5) is 17.4. The van der Waals surface area contributed by atoms with E-state index in [1.165, 1.54) is 11.3 Å². The number of para-hydroxylation sites is 2. The molecule has 0 atom stereocenters. The van der Waals surface area contributed by atoms with Crippen molar-refractivity contribution < 1.29 is 9.90 Å². The first kappa shape index (κ1) is 19.3. The Bertz CT molecular complexity index is 1200. The van der Waals surface area contributed by atoms with Crippen LogP contribution in [0.1, 0.15) is 22.4 Å². The maximum absolute atomic E-state index is 12.3. The molecule has 146 valence electrons. The Balaban J connectivity index is 1.49. The number of aryl methyl sites for hydroxylation is 1. The normalized spacial score (nSPS) is 13.6. The number of aromatic nitrogens is 1. The zero-order chi connectivity index (χ0) is 20.4. The van der Waals surface area contributed by atoms with E-state index >= 15 is 0 Å². The molecule has 0 aliphatic carbocycles. The molecule has 0 radical (unpaired) electrons. The minimum Gasteiger partial charge on any atom is -0.493 e. The Kier molecular flexibility index (Phi) is 5.42. The van der Waals surface area contributed by atoms with Crippen molar-refractivity contribution in [3.8, 4) is 5.88 Å². The quantitative estimate of drug-likeness (QED) is 0.529. The molecule has 1 aliphatic heterocycles. The fourth-order valence-corrected chi connectivity index (χ4v) is 4.45. The maximum Gasteiger partial charge on any atom is 0.226 e. The van der Waals surface area contributed by atoms with E-state index in [1.54, 1.807) is 10.8 Å². The molecular formula is C22H19N3O2S2. The molecule has 7 heteroatoms. The average molecular weight is 422 g/mol. The highest BCUT2D eigenvalue weighted by Gasteiger charge is 2.16. The third kappa shape index (κ3) is 4.06. The molecule has 0 bridgehead atoms. The number of nitrogens with one attached hydrogen (secondary N) is 1. The highest BCUT2D eigenvalue weighted by atomic mass is 32.1. The summed E-state index contributed by atoms with van der Waals surface area (Å²) in [5, 5.41) is 13.6. The molecule has 0 unspecified atom stereocenters. The van der Waals surface area contributed by atoms with Crippen LogP contribution >= 0.6 is 23.6 Å². The van der Waals surface area contributed by atoms with Gasteiger partial charge in [-0.3, -0.25) is 14.4 Å². The van der Waals surface area contributed by atoms with Crippen molar-refractivity contribution in [3.63, 3.8) is 0 Å². The predicted octanol–water partition coefficient (Wildman–Crippen LogP) is 5.58. The van der Waals surface area contributed by atoms with Gasteiger partial charge in [-0.15, -0.1) is 11.3 Å². The molecule has 5 nitrogen and oxygen atoms in total. The molecule has 0 saturated carbocycles. The van der Waals surface area contributed by atoms with Gasteiger partial charge in [0.2, 0.25) is 11.8 Å². The number of allylic oxidation sites excluding steroid dienone is 1. The standard InChI is InChI=1S/C22H19N3O2S2/c1-14-6-2-4-8-17(14)24-20(26)10-11-25-21(27)19(29-22(25)28)12-15-13-23-18-9-5-3-7-16(15)18/h2-9,12-13,27H,10-11H2,1H3,(H,24,26)/b15-12-. The van der Waals surface area contributed by atoms with Crippen LogP contribution in [-0.4, -0.2) is 21.8 Å². The molecule has 2 aromatic carbocycles. The number of carbonyl (C=O) groups is 1. The maximum atomic E-state index is 12.3. The average Bonchev–Trinajstić information content (AvgIpc) is 3.23. The van der Waals surface area contributed by atoms with Crippen molar-refractivity contribution >= 4 is 58.7 Å². The van der Waals surface area contributed by atoms with Crippen molar-refractivity contribution in [2.24, 2.45) is 4.99 Å². The number of rotatable bonds is 5. The molecule has 3 aromatic rings. The SMILES string of the molecule is Cc1ccccc1NC(=O)CCn1c(O)c(/C=C2/C=Nc3ccccc32)sc1=S. The lowest BCUT2D eigenvalue weighted by Crippen LogP contribution is -2.15. The molecule has 2 heterocycles. The number of nitrogens with zero attached hydrogens (tertiary/aromatic N) is 2. The van der Waals surface area contributed by atoms with Crippen LogP contribution in [-0.2, 0) is 11.3 Å². The summed E-state index contributed by atoms with van der Waals surface area (Å²) in [6.07, 6.45) is 3.88. The van der Waals surface area contributed by atoms with Gasteiger partial charge in [-0.05, 0) is 42.9 Å². The van der Waals surface area contributed by atoms with Crippen LogP contribution in [0.5, 0.6) is 5.88 Å². The molecular weight excluding hydrogens is 402 g/mol. The number of hydrogen-bond donors (Lipinski definition) is 2. The number of benzene rings is 2. The van der Waals surface area contributed by atoms with Crippen molar-refractivity contribution in [2.45, 2.75) is 19.9 Å². The van der Waals surface area contributed by atoms with Gasteiger partial charge >= 0.3 is 0 Å². The summed E-state index contributed by atoms with van der Waals surface area (Å²) in [5.74, 6) is -0.0440. The van der Waals surface area contributed by atoms with Crippen LogP contribution < -0.4 is 5.32 Å². The number of amides is 1. The third-order valence-corrected chi connectivity index (χ3v) is 6.11. The molecule has 0 spiro atoms. The second-order valence-electron chi connectivity index (χ2n) is 6.70. The predicted molar refractivity (Wildman–Crippen MR) is 122 cm³/mol. The number of hydrogen-bond acceptors (Lipinski definition) is 5. The second-order valence-corrected chi connectivity index (χ2v) is 8.37. The zero-order valence-corrected chi connectivity index (χ0v) is 17.4. The van der Waals surface area contributed by atoms with Crippen molar-refractivity contribution in [1.29, 1.82) is 0 Å². The molecule has 1 amide bonds. The molecule has 0 fully saturated rings. The van der Waals surface area contributed by atoms with E-state index in [1.807, 2.05) is 61.5 Å². The van der Waals surface area contributed by atoms with Crippen LogP contribution in [0.25, 0.3) is 11.6 Å². The smallest absolute Gasteiger partial charge is 0.226 e. The van der Waals surface area contributed by atoms with Crippen LogP contribution in [0.4, 0.5) is 11.4 Å². The summed E-state index contributed by atoms with van der Waals surface area (Å²) in [6, 6.07) is 15.5. The van der Waals surface area contributed by atoms with Gasteiger partial charge in [0, 0.05) is 36.0 Å². The zero-order valence-electron chi connectivity index (χ0n) is 15.8. The van der Waals surface area contributed by atoms with Crippen LogP contribution in [0.3, 0.4) is 0 Å². The number of fused-ring (bicyclic) bond motifs is 1. The van der Waals surface area contributed by atoms with E-state index < -0.39 is 0 Å². The summed E-state index contributed by atoms with van der Waals surface area (Å²) in [6.45, 7) is 2.26. The van der Waals surface area contributed by atoms with Gasteiger partial charge in [-0.25, -0.2) is 0 Å². The van der Waals surface area contributed by atoms with E-state index in [0.717, 1.165) is 28.1 Å². The first-order chi connectivity index (χ1) is 14.0. The van der Waals surface area contributed by atoms with Crippen LogP contribution in [0, 0.1) is 10.9 Å². The fraction of sp³-hybridized carbons (Fsp3) is 0.136. The monoisotopic (exact) mass is 421 g/mol. The Morgan fingerprint density at radius 3 is 2.83 bits per heavy atom. The second kappa shape index (κ2) is 8.14. The first-order valence-electron chi connectivity index (χ1n) is 9.16. The largest absolute Gasteiger partial charge is 0.493 e. The van der Waals surface area contributed by atoms with Gasteiger partial charge in [0.15, 0.2) is 3.95 Å². The van der Waals surface area contributed by atoms with E-state index in [4.69, 9.17) is 12.2 Å². The first-order valence-corrected chi connectivity index (χ1v) is 10.4. The number of aliphatic imine (C=N–C) groups is 1. The van der Waals surface area contributed by atoms with E-state index in [9.17, 15) is 9.90 Å². The van der Waals surface area contributed by atoms with Crippen molar-refractivity contribution in [3.05, 3.63) is 68.5 Å². The number of thiazole rings is 1. The van der Waals surface area contributed by atoms with E-state index in [0.29, 0.717) is 15.4 Å². The van der Waals surface area contributed by atoms with Gasteiger partial charge in [0.05, 0.1) is 10.6 Å².